The molecule has 2 aromatic carbocycles. The van der Waals surface area contributed by atoms with Crippen molar-refractivity contribution in [2.45, 2.75) is 48.7 Å². The second-order valence-corrected chi connectivity index (χ2v) is 10.7. The van der Waals surface area contributed by atoms with Gasteiger partial charge in [0.05, 0.1) is 22.6 Å². The molecule has 1 N–H and O–H groups in total. The van der Waals surface area contributed by atoms with Gasteiger partial charge >= 0.3 is 5.69 Å². The Morgan fingerprint density at radius 2 is 1.65 bits per heavy atom. The largest absolute Gasteiger partial charge is 0.328 e. The molecule has 1 saturated heterocycles. The number of para-hydroxylation sites is 1. The number of carbonyl (C=O) groups excluding carboxylic acids is 2. The van der Waals surface area contributed by atoms with Gasteiger partial charge < -0.3 is 10.2 Å². The summed E-state index contributed by atoms with van der Waals surface area (Å²) in [5.74, 6) is -0.614. The molecule has 1 aliphatic carbocycles. The van der Waals surface area contributed by atoms with Gasteiger partial charge in [-0.05, 0) is 37.1 Å². The van der Waals surface area contributed by atoms with E-state index >= 15 is 0 Å². The molecule has 1 aliphatic heterocycles. The summed E-state index contributed by atoms with van der Waals surface area (Å²) >= 11 is 1.80. The van der Waals surface area contributed by atoms with Crippen molar-refractivity contribution in [3.8, 4) is 0 Å². The number of aromatic nitrogens is 2. The van der Waals surface area contributed by atoms with E-state index in [-0.39, 0.29) is 23.9 Å². The van der Waals surface area contributed by atoms with Gasteiger partial charge in [-0.1, -0.05) is 37.5 Å². The summed E-state index contributed by atoms with van der Waals surface area (Å²) in [7, 11) is 3.53. The van der Waals surface area contributed by atoms with Crippen LogP contribution < -0.4 is 15.9 Å². The summed E-state index contributed by atoms with van der Waals surface area (Å²) in [6.07, 6.45) is 6.24. The van der Waals surface area contributed by atoms with E-state index < -0.39 is 5.92 Å². The average Bonchev–Trinajstić information content (AvgIpc) is 3.34. The van der Waals surface area contributed by atoms with Crippen molar-refractivity contribution in [2.24, 2.45) is 20.0 Å². The number of carbonyl (C=O) groups is 2. The number of fused-ring (bicyclic) bond motifs is 1. The second-order valence-electron chi connectivity index (χ2n) is 9.35. The van der Waals surface area contributed by atoms with Gasteiger partial charge in [-0.3, -0.25) is 18.7 Å². The first kappa shape index (κ1) is 22.8. The van der Waals surface area contributed by atoms with Gasteiger partial charge in [-0.15, -0.1) is 11.8 Å². The number of anilines is 2. The lowest BCUT2D eigenvalue weighted by Gasteiger charge is -2.23. The summed E-state index contributed by atoms with van der Waals surface area (Å²) in [6.45, 7) is 0.367. The highest BCUT2D eigenvalue weighted by Crippen LogP contribution is 2.39. The number of benzene rings is 2. The number of thioether (sulfide) groups is 1. The Morgan fingerprint density at radius 1 is 0.971 bits per heavy atom. The highest BCUT2D eigenvalue weighted by Gasteiger charge is 2.35. The van der Waals surface area contributed by atoms with Crippen LogP contribution in [-0.2, 0) is 23.7 Å². The van der Waals surface area contributed by atoms with E-state index in [0.717, 1.165) is 40.1 Å². The van der Waals surface area contributed by atoms with Gasteiger partial charge in [0.15, 0.2) is 0 Å². The lowest BCUT2D eigenvalue weighted by atomic mass is 10.0. The van der Waals surface area contributed by atoms with Crippen molar-refractivity contribution in [1.29, 1.82) is 0 Å². The quantitative estimate of drug-likeness (QED) is 0.593. The van der Waals surface area contributed by atoms with E-state index in [2.05, 4.69) is 5.32 Å². The van der Waals surface area contributed by atoms with Gasteiger partial charge in [0.25, 0.3) is 0 Å². The summed E-state index contributed by atoms with van der Waals surface area (Å²) < 4.78 is 3.26. The SMILES string of the molecule is Cn1c(=O)n(C)c2cc(SC3CCCCC3)c(NC(=O)C3CC(=O)N(c4ccccc4)C3)cc21. The van der Waals surface area contributed by atoms with E-state index in [0.29, 0.717) is 11.8 Å². The monoisotopic (exact) mass is 478 g/mol. The summed E-state index contributed by atoms with van der Waals surface area (Å²) in [5, 5.41) is 3.62. The third-order valence-corrected chi connectivity index (χ3v) is 8.44. The molecule has 1 atom stereocenters. The number of hydrogen-bond donors (Lipinski definition) is 1. The van der Waals surface area contributed by atoms with Gasteiger partial charge in [-0.25, -0.2) is 4.79 Å². The van der Waals surface area contributed by atoms with Crippen molar-refractivity contribution in [3.63, 3.8) is 0 Å². The highest BCUT2D eigenvalue weighted by molar-refractivity contribution is 8.00. The number of aryl methyl sites for hydroxylation is 2. The normalized spacial score (nSPS) is 19.2. The zero-order valence-corrected chi connectivity index (χ0v) is 20.4. The molecule has 2 aliphatic rings. The Labute approximate surface area is 203 Å². The Hall–Kier alpha value is -3.00. The van der Waals surface area contributed by atoms with Crippen LogP contribution in [0.2, 0.25) is 0 Å². The number of amides is 2. The fourth-order valence-electron chi connectivity index (χ4n) is 5.06. The summed E-state index contributed by atoms with van der Waals surface area (Å²) in [6, 6.07) is 13.4. The molecule has 2 heterocycles. The number of rotatable bonds is 5. The molecule has 7 nitrogen and oxygen atoms in total. The van der Waals surface area contributed by atoms with Crippen LogP contribution in [0.5, 0.6) is 0 Å². The van der Waals surface area contributed by atoms with Crippen LogP contribution in [-0.4, -0.2) is 32.7 Å². The lowest BCUT2D eigenvalue weighted by Crippen LogP contribution is -2.28. The van der Waals surface area contributed by atoms with Gasteiger partial charge in [-0.2, -0.15) is 0 Å². The molecule has 178 valence electrons. The van der Waals surface area contributed by atoms with Crippen LogP contribution in [0.15, 0.2) is 52.2 Å². The van der Waals surface area contributed by atoms with E-state index in [4.69, 9.17) is 0 Å². The van der Waals surface area contributed by atoms with Crippen LogP contribution in [0.1, 0.15) is 38.5 Å². The third-order valence-electron chi connectivity index (χ3n) is 7.04. The van der Waals surface area contributed by atoms with Crippen LogP contribution in [0.3, 0.4) is 0 Å². The van der Waals surface area contributed by atoms with Crippen molar-refractivity contribution < 1.29 is 9.59 Å². The molecule has 5 rings (SSSR count). The molecular weight excluding hydrogens is 448 g/mol. The van der Waals surface area contributed by atoms with E-state index in [9.17, 15) is 14.4 Å². The molecule has 0 radical (unpaired) electrons. The Bertz CT molecular complexity index is 1290. The molecule has 1 aromatic heterocycles. The van der Waals surface area contributed by atoms with Gasteiger partial charge in [0.1, 0.15) is 0 Å². The zero-order chi connectivity index (χ0) is 23.8. The Balaban J connectivity index is 1.43. The van der Waals surface area contributed by atoms with Crippen LogP contribution in [0.4, 0.5) is 11.4 Å². The molecule has 1 saturated carbocycles. The third kappa shape index (κ3) is 4.27. The fourth-order valence-corrected chi connectivity index (χ4v) is 6.40. The molecule has 3 aromatic rings. The van der Waals surface area contributed by atoms with Crippen molar-refractivity contribution in [1.82, 2.24) is 9.13 Å². The Morgan fingerprint density at radius 3 is 2.35 bits per heavy atom. The minimum absolute atomic E-state index is 0.0379. The number of nitrogens with one attached hydrogen (secondary N) is 1. The van der Waals surface area contributed by atoms with E-state index in [1.54, 1.807) is 39.9 Å². The highest BCUT2D eigenvalue weighted by atomic mass is 32.2. The predicted molar refractivity (Wildman–Crippen MR) is 136 cm³/mol. The number of hydrogen-bond acceptors (Lipinski definition) is 4. The van der Waals surface area contributed by atoms with Gasteiger partial charge in [0, 0.05) is 42.9 Å². The maximum absolute atomic E-state index is 13.3. The molecule has 0 spiro atoms. The van der Waals surface area contributed by atoms with Crippen molar-refractivity contribution >= 4 is 46.0 Å². The number of nitrogens with zero attached hydrogens (tertiary/aromatic N) is 3. The standard InChI is InChI=1S/C26H30N4O3S/c1-28-21-14-20(23(15-22(21)29(2)26(28)33)34-19-11-7-4-8-12-19)27-25(32)17-13-24(31)30(16-17)18-9-5-3-6-10-18/h3,5-6,9-10,14-15,17,19H,4,7-8,11-13,16H2,1-2H3,(H,27,32). The fraction of sp³-hybridized carbons (Fsp3) is 0.423. The maximum Gasteiger partial charge on any atom is 0.328 e. The maximum atomic E-state index is 13.3. The van der Waals surface area contributed by atoms with Crippen LogP contribution in [0, 0.1) is 5.92 Å². The first-order chi connectivity index (χ1) is 16.4. The molecule has 1 unspecified atom stereocenters. The molecular formula is C26H30N4O3S. The molecule has 2 fully saturated rings. The minimum atomic E-state index is -0.421. The predicted octanol–water partition coefficient (Wildman–Crippen LogP) is 4.29. The topological polar surface area (TPSA) is 76.3 Å². The first-order valence-electron chi connectivity index (χ1n) is 11.9. The van der Waals surface area contributed by atoms with E-state index in [1.165, 1.54) is 19.3 Å². The lowest BCUT2D eigenvalue weighted by molar-refractivity contribution is -0.122. The second kappa shape index (κ2) is 9.33. The zero-order valence-electron chi connectivity index (χ0n) is 19.6. The molecule has 0 bridgehead atoms. The van der Waals surface area contributed by atoms with Crippen molar-refractivity contribution in [2.75, 3.05) is 16.8 Å². The first-order valence-corrected chi connectivity index (χ1v) is 12.8. The molecule has 8 heteroatoms. The number of imidazole rings is 1. The minimum Gasteiger partial charge on any atom is -0.325 e. The summed E-state index contributed by atoms with van der Waals surface area (Å²) in [4.78, 5) is 41.1. The Kier molecular flexibility index (Phi) is 6.25. The smallest absolute Gasteiger partial charge is 0.325 e. The molecule has 34 heavy (non-hydrogen) atoms. The van der Waals surface area contributed by atoms with Gasteiger partial charge in [0.2, 0.25) is 11.8 Å². The summed E-state index contributed by atoms with van der Waals surface area (Å²) in [5.41, 5.74) is 3.09. The van der Waals surface area contributed by atoms with Crippen molar-refractivity contribution in [3.05, 3.63) is 52.9 Å². The van der Waals surface area contributed by atoms with Crippen LogP contribution >= 0.6 is 11.8 Å². The van der Waals surface area contributed by atoms with E-state index in [1.807, 2.05) is 42.5 Å². The molecule has 2 amide bonds. The van der Waals surface area contributed by atoms with Crippen LogP contribution in [0.25, 0.3) is 11.0 Å². The average molecular weight is 479 g/mol.